The normalized spacial score (nSPS) is 13.8. The van der Waals surface area contributed by atoms with E-state index in [9.17, 15) is 8.42 Å². The van der Waals surface area contributed by atoms with Crippen LogP contribution in [0.25, 0.3) is 5.65 Å². The highest BCUT2D eigenvalue weighted by Crippen LogP contribution is 2.20. The average Bonchev–Trinajstić information content (AvgIpc) is 2.71. The molecule has 20 heavy (non-hydrogen) atoms. The zero-order valence-corrected chi connectivity index (χ0v) is 13.0. The molecule has 1 unspecified atom stereocenters. The maximum absolute atomic E-state index is 12.1. The molecule has 0 saturated heterocycles. The van der Waals surface area contributed by atoms with Gasteiger partial charge >= 0.3 is 0 Å². The standard InChI is InChI=1S/C11H16ClN5O2S/c1-7(13-3)4-15-20(18,19)9-5-14-11-10(12)8(2)16-17(11)6-9/h5-7,13,15H,4H2,1-3H3. The summed E-state index contributed by atoms with van der Waals surface area (Å²) < 4.78 is 28.1. The molecule has 1 atom stereocenters. The lowest BCUT2D eigenvalue weighted by molar-refractivity contribution is 0.553. The highest BCUT2D eigenvalue weighted by Gasteiger charge is 2.18. The highest BCUT2D eigenvalue weighted by atomic mass is 35.5. The molecule has 0 spiro atoms. The van der Waals surface area contributed by atoms with Crippen LogP contribution in [0.5, 0.6) is 0 Å². The molecular weight excluding hydrogens is 302 g/mol. The maximum atomic E-state index is 12.1. The third-order valence-corrected chi connectivity index (χ3v) is 4.76. The monoisotopic (exact) mass is 317 g/mol. The zero-order chi connectivity index (χ0) is 14.9. The third kappa shape index (κ3) is 2.93. The van der Waals surface area contributed by atoms with E-state index >= 15 is 0 Å². The van der Waals surface area contributed by atoms with Gasteiger partial charge in [0.2, 0.25) is 10.0 Å². The van der Waals surface area contributed by atoms with Gasteiger partial charge in [0, 0.05) is 12.6 Å². The molecule has 2 rings (SSSR count). The van der Waals surface area contributed by atoms with Crippen molar-refractivity contribution in [1.82, 2.24) is 24.6 Å². The minimum Gasteiger partial charge on any atom is -0.316 e. The lowest BCUT2D eigenvalue weighted by atomic mass is 10.4. The van der Waals surface area contributed by atoms with Crippen LogP contribution in [0.1, 0.15) is 12.6 Å². The van der Waals surface area contributed by atoms with Gasteiger partial charge in [0.1, 0.15) is 9.92 Å². The third-order valence-electron chi connectivity index (χ3n) is 2.93. The van der Waals surface area contributed by atoms with Crippen LogP contribution in [-0.4, -0.2) is 42.7 Å². The fourth-order valence-corrected chi connectivity index (χ4v) is 2.80. The van der Waals surface area contributed by atoms with E-state index in [1.54, 1.807) is 14.0 Å². The van der Waals surface area contributed by atoms with E-state index in [1.807, 2.05) is 6.92 Å². The molecule has 9 heteroatoms. The number of aromatic nitrogens is 3. The SMILES string of the molecule is CNC(C)CNS(=O)(=O)c1cnc2c(Cl)c(C)nn2c1. The molecule has 0 aromatic carbocycles. The highest BCUT2D eigenvalue weighted by molar-refractivity contribution is 7.89. The van der Waals surface area contributed by atoms with Crippen LogP contribution in [-0.2, 0) is 10.0 Å². The van der Waals surface area contributed by atoms with E-state index in [0.717, 1.165) is 0 Å². The largest absolute Gasteiger partial charge is 0.316 e. The summed E-state index contributed by atoms with van der Waals surface area (Å²) >= 11 is 6.01. The van der Waals surface area contributed by atoms with Crippen molar-refractivity contribution in [3.63, 3.8) is 0 Å². The van der Waals surface area contributed by atoms with Crippen LogP contribution in [0.3, 0.4) is 0 Å². The van der Waals surface area contributed by atoms with Crippen molar-refractivity contribution in [2.24, 2.45) is 0 Å². The first-order valence-electron chi connectivity index (χ1n) is 6.02. The molecule has 7 nitrogen and oxygen atoms in total. The van der Waals surface area contributed by atoms with Crippen LogP contribution in [0, 0.1) is 6.92 Å². The van der Waals surface area contributed by atoms with Crippen LogP contribution in [0.15, 0.2) is 17.3 Å². The number of sulfonamides is 1. The Morgan fingerprint density at radius 1 is 1.50 bits per heavy atom. The topological polar surface area (TPSA) is 88.4 Å². The van der Waals surface area contributed by atoms with Crippen LogP contribution < -0.4 is 10.0 Å². The fraction of sp³-hybridized carbons (Fsp3) is 0.455. The number of hydrogen-bond donors (Lipinski definition) is 2. The predicted molar refractivity (Wildman–Crippen MR) is 76.4 cm³/mol. The van der Waals surface area contributed by atoms with Gasteiger partial charge in [0.05, 0.1) is 18.1 Å². The van der Waals surface area contributed by atoms with Crippen molar-refractivity contribution in [2.45, 2.75) is 24.8 Å². The Kier molecular flexibility index (Phi) is 4.28. The molecule has 2 aromatic rings. The van der Waals surface area contributed by atoms with Crippen molar-refractivity contribution in [1.29, 1.82) is 0 Å². The molecule has 0 aliphatic rings. The first kappa shape index (κ1) is 15.2. The fourth-order valence-electron chi connectivity index (χ4n) is 1.56. The van der Waals surface area contributed by atoms with Gasteiger partial charge < -0.3 is 5.32 Å². The summed E-state index contributed by atoms with van der Waals surface area (Å²) in [5.74, 6) is 0. The summed E-state index contributed by atoms with van der Waals surface area (Å²) in [6.45, 7) is 3.90. The summed E-state index contributed by atoms with van der Waals surface area (Å²) in [6.07, 6.45) is 2.67. The van der Waals surface area contributed by atoms with Crippen molar-refractivity contribution in [3.05, 3.63) is 23.1 Å². The summed E-state index contributed by atoms with van der Waals surface area (Å²) in [4.78, 5) is 4.10. The summed E-state index contributed by atoms with van der Waals surface area (Å²) in [5.41, 5.74) is 1.04. The quantitative estimate of drug-likeness (QED) is 0.842. The Bertz CT molecular complexity index is 728. The summed E-state index contributed by atoms with van der Waals surface area (Å²) in [6, 6.07) is 0.0304. The lowest BCUT2D eigenvalue weighted by Gasteiger charge is -2.11. The maximum Gasteiger partial charge on any atom is 0.243 e. The van der Waals surface area contributed by atoms with E-state index in [4.69, 9.17) is 11.6 Å². The second-order valence-electron chi connectivity index (χ2n) is 4.50. The first-order valence-corrected chi connectivity index (χ1v) is 7.88. The van der Waals surface area contributed by atoms with Gasteiger partial charge in [-0.2, -0.15) is 5.10 Å². The molecular formula is C11H16ClN5O2S. The Morgan fingerprint density at radius 2 is 2.20 bits per heavy atom. The van der Waals surface area contributed by atoms with Crippen LogP contribution >= 0.6 is 11.6 Å². The molecule has 0 saturated carbocycles. The average molecular weight is 318 g/mol. The Labute approximate surface area is 122 Å². The van der Waals surface area contributed by atoms with Crippen molar-refractivity contribution >= 4 is 27.3 Å². The number of nitrogens with zero attached hydrogens (tertiary/aromatic N) is 3. The predicted octanol–water partition coefficient (Wildman–Crippen LogP) is 0.577. The lowest BCUT2D eigenvalue weighted by Crippen LogP contribution is -2.37. The number of fused-ring (bicyclic) bond motifs is 1. The van der Waals surface area contributed by atoms with Crippen molar-refractivity contribution in [3.8, 4) is 0 Å². The second-order valence-corrected chi connectivity index (χ2v) is 6.64. The van der Waals surface area contributed by atoms with E-state index in [1.165, 1.54) is 16.9 Å². The number of rotatable bonds is 5. The van der Waals surface area contributed by atoms with Gasteiger partial charge in [0.25, 0.3) is 0 Å². The molecule has 0 aliphatic heterocycles. The number of aryl methyl sites for hydroxylation is 1. The van der Waals surface area contributed by atoms with Gasteiger partial charge in [-0.25, -0.2) is 22.6 Å². The van der Waals surface area contributed by atoms with Crippen molar-refractivity contribution < 1.29 is 8.42 Å². The van der Waals surface area contributed by atoms with Gasteiger partial charge in [-0.15, -0.1) is 0 Å². The molecule has 0 bridgehead atoms. The molecule has 0 fully saturated rings. The van der Waals surface area contributed by atoms with E-state index in [0.29, 0.717) is 16.4 Å². The Balaban J connectivity index is 2.32. The molecule has 0 amide bonds. The minimum atomic E-state index is -3.62. The molecule has 0 radical (unpaired) electrons. The molecule has 2 N–H and O–H groups in total. The summed E-state index contributed by atoms with van der Waals surface area (Å²) in [7, 11) is -1.85. The molecule has 2 heterocycles. The van der Waals surface area contributed by atoms with Crippen LogP contribution in [0.2, 0.25) is 5.02 Å². The molecule has 110 valence electrons. The van der Waals surface area contributed by atoms with Gasteiger partial charge in [-0.1, -0.05) is 11.6 Å². The van der Waals surface area contributed by atoms with Gasteiger partial charge in [-0.3, -0.25) is 0 Å². The van der Waals surface area contributed by atoms with Gasteiger partial charge in [-0.05, 0) is 20.9 Å². The Morgan fingerprint density at radius 3 is 2.85 bits per heavy atom. The van der Waals surface area contributed by atoms with Crippen LogP contribution in [0.4, 0.5) is 0 Å². The van der Waals surface area contributed by atoms with Gasteiger partial charge in [0.15, 0.2) is 5.65 Å². The minimum absolute atomic E-state index is 0.0304. The summed E-state index contributed by atoms with van der Waals surface area (Å²) in [5, 5.41) is 7.49. The number of hydrogen-bond acceptors (Lipinski definition) is 5. The second kappa shape index (κ2) is 5.65. The van der Waals surface area contributed by atoms with E-state index in [2.05, 4.69) is 20.1 Å². The van der Waals surface area contributed by atoms with E-state index < -0.39 is 10.0 Å². The number of nitrogens with one attached hydrogen (secondary N) is 2. The number of likely N-dealkylation sites (N-methyl/N-ethyl adjacent to an activating group) is 1. The first-order chi connectivity index (χ1) is 9.35. The molecule has 0 aliphatic carbocycles. The van der Waals surface area contributed by atoms with E-state index in [-0.39, 0.29) is 17.5 Å². The zero-order valence-electron chi connectivity index (χ0n) is 11.4. The smallest absolute Gasteiger partial charge is 0.243 e. The van der Waals surface area contributed by atoms with Crippen molar-refractivity contribution in [2.75, 3.05) is 13.6 Å². The number of halogens is 1. The molecule has 2 aromatic heterocycles. The Hall–Kier alpha value is -1.22.